The van der Waals surface area contributed by atoms with E-state index in [9.17, 15) is 0 Å². The maximum Gasteiger partial charge on any atom is 0.225 e. The third kappa shape index (κ3) is 2.93. The second-order valence-electron chi connectivity index (χ2n) is 6.36. The molecule has 0 radical (unpaired) electrons. The van der Waals surface area contributed by atoms with Gasteiger partial charge in [-0.3, -0.25) is 0 Å². The lowest BCUT2D eigenvalue weighted by Crippen LogP contribution is -2.31. The molecule has 0 spiro atoms. The Morgan fingerprint density at radius 1 is 1.48 bits per heavy atom. The maximum atomic E-state index is 6.31. The van der Waals surface area contributed by atoms with Crippen molar-refractivity contribution in [3.8, 4) is 0 Å². The molecule has 3 N–H and O–H groups in total. The van der Waals surface area contributed by atoms with Gasteiger partial charge < -0.3 is 15.5 Å². The van der Waals surface area contributed by atoms with E-state index in [1.54, 1.807) is 29.4 Å². The highest BCUT2D eigenvalue weighted by molar-refractivity contribution is 7.99. The molecule has 1 aliphatic rings. The predicted octanol–water partition coefficient (Wildman–Crippen LogP) is 4.65. The Morgan fingerprint density at radius 3 is 2.88 bits per heavy atom. The molecule has 0 aromatic carbocycles. The number of furan rings is 1. The first-order valence-electron chi connectivity index (χ1n) is 8.11. The van der Waals surface area contributed by atoms with Gasteiger partial charge in [-0.1, -0.05) is 0 Å². The molecule has 0 aliphatic heterocycles. The summed E-state index contributed by atoms with van der Waals surface area (Å²) in [6.07, 6.45) is 5.99. The zero-order chi connectivity index (χ0) is 17.6. The van der Waals surface area contributed by atoms with E-state index in [0.717, 1.165) is 34.6 Å². The number of thioether (sulfide) groups is 1. The van der Waals surface area contributed by atoms with Gasteiger partial charge in [-0.25, -0.2) is 4.98 Å². The van der Waals surface area contributed by atoms with Crippen LogP contribution in [-0.4, -0.2) is 22.3 Å². The molecule has 3 aromatic rings. The van der Waals surface area contributed by atoms with Crippen molar-refractivity contribution in [2.75, 3.05) is 11.6 Å². The van der Waals surface area contributed by atoms with E-state index in [2.05, 4.69) is 28.5 Å². The molecule has 5 nitrogen and oxygen atoms in total. The molecule has 4 rings (SSSR count). The minimum atomic E-state index is 0.0778. The lowest BCUT2D eigenvalue weighted by Gasteiger charge is -2.19. The zero-order valence-electron chi connectivity index (χ0n) is 14.0. The number of fused-ring (bicyclic) bond motifs is 1. The molecule has 3 aromatic heterocycles. The van der Waals surface area contributed by atoms with Crippen molar-refractivity contribution >= 4 is 50.7 Å². The highest BCUT2D eigenvalue weighted by Crippen LogP contribution is 2.57. The number of aromatic nitrogens is 2. The summed E-state index contributed by atoms with van der Waals surface area (Å²) in [6, 6.07) is 3.92. The van der Waals surface area contributed by atoms with Gasteiger partial charge in [0.15, 0.2) is 0 Å². The van der Waals surface area contributed by atoms with Crippen LogP contribution in [0.4, 0.5) is 5.82 Å². The van der Waals surface area contributed by atoms with Gasteiger partial charge in [0.05, 0.1) is 17.5 Å². The van der Waals surface area contributed by atoms with E-state index in [1.165, 1.54) is 9.77 Å². The Bertz CT molecular complexity index is 903. The monoisotopic (exact) mass is 394 g/mol. The van der Waals surface area contributed by atoms with Crippen LogP contribution in [0.3, 0.4) is 0 Å². The van der Waals surface area contributed by atoms with Crippen LogP contribution < -0.4 is 11.1 Å². The lowest BCUT2D eigenvalue weighted by atomic mass is 9.97. The molecule has 1 saturated carbocycles. The van der Waals surface area contributed by atoms with Crippen LogP contribution in [-0.2, 0) is 12.0 Å². The summed E-state index contributed by atoms with van der Waals surface area (Å²) < 4.78 is 6.42. The maximum absolute atomic E-state index is 6.31. The number of hydrogen-bond donors (Lipinski definition) is 2. The molecule has 25 heavy (non-hydrogen) atoms. The Morgan fingerprint density at radius 2 is 2.28 bits per heavy atom. The fourth-order valence-corrected chi connectivity index (χ4v) is 5.96. The van der Waals surface area contributed by atoms with Crippen molar-refractivity contribution in [1.29, 1.82) is 0 Å². The first-order chi connectivity index (χ1) is 12.0. The second-order valence-corrected chi connectivity index (χ2v) is 8.54. The molecule has 3 heterocycles. The Labute approximate surface area is 159 Å². The molecular formula is C17H19ClN4OS2. The van der Waals surface area contributed by atoms with Gasteiger partial charge >= 0.3 is 0 Å². The van der Waals surface area contributed by atoms with Gasteiger partial charge in [-0.05, 0) is 49.8 Å². The van der Waals surface area contributed by atoms with Gasteiger partial charge in [-0.15, -0.1) is 23.1 Å². The van der Waals surface area contributed by atoms with Gasteiger partial charge in [0, 0.05) is 21.2 Å². The van der Waals surface area contributed by atoms with Gasteiger partial charge in [0.2, 0.25) is 5.28 Å². The summed E-state index contributed by atoms with van der Waals surface area (Å²) in [6.45, 7) is 2.64. The normalized spacial score (nSPS) is 17.0. The fraction of sp³-hybridized carbons (Fsp3) is 0.412. The van der Waals surface area contributed by atoms with Crippen molar-refractivity contribution in [2.45, 2.75) is 42.7 Å². The number of thiophene rings is 1. The predicted molar refractivity (Wildman–Crippen MR) is 105 cm³/mol. The second kappa shape index (κ2) is 6.46. The Kier molecular flexibility index (Phi) is 4.43. The van der Waals surface area contributed by atoms with Crippen LogP contribution in [0.5, 0.6) is 0 Å². The molecule has 132 valence electrons. The number of halogens is 1. The highest BCUT2D eigenvalue weighted by Gasteiger charge is 2.50. The molecule has 1 atom stereocenters. The van der Waals surface area contributed by atoms with Crippen LogP contribution in [0.1, 0.15) is 30.4 Å². The zero-order valence-corrected chi connectivity index (χ0v) is 16.4. The third-order valence-electron chi connectivity index (χ3n) is 4.79. The molecule has 8 heteroatoms. The average Bonchev–Trinajstić information content (AvgIpc) is 3.07. The van der Waals surface area contributed by atoms with Gasteiger partial charge in [-0.2, -0.15) is 4.98 Å². The van der Waals surface area contributed by atoms with Crippen molar-refractivity contribution in [3.63, 3.8) is 0 Å². The first-order valence-corrected chi connectivity index (χ1v) is 10.5. The minimum Gasteiger partial charge on any atom is -0.467 e. The molecule has 1 fully saturated rings. The summed E-state index contributed by atoms with van der Waals surface area (Å²) in [5.41, 5.74) is 7.30. The van der Waals surface area contributed by atoms with Gasteiger partial charge in [0.1, 0.15) is 17.1 Å². The van der Waals surface area contributed by atoms with E-state index in [0.29, 0.717) is 6.54 Å². The number of hydrogen-bond acceptors (Lipinski definition) is 7. The minimum absolute atomic E-state index is 0.0778. The van der Waals surface area contributed by atoms with E-state index in [4.69, 9.17) is 21.8 Å². The largest absolute Gasteiger partial charge is 0.467 e. The van der Waals surface area contributed by atoms with Crippen LogP contribution in [0.15, 0.2) is 27.7 Å². The molecule has 0 unspecified atom stereocenters. The lowest BCUT2D eigenvalue weighted by molar-refractivity contribution is 0.518. The molecule has 0 bridgehead atoms. The van der Waals surface area contributed by atoms with E-state index >= 15 is 0 Å². The summed E-state index contributed by atoms with van der Waals surface area (Å²) in [5, 5.41) is 3.59. The topological polar surface area (TPSA) is 77.0 Å². The third-order valence-corrected chi connectivity index (χ3v) is 7.30. The standard InChI is InChI=1S/C17H19ClN4OS2/c1-9(19)17(5-6-17)14-12(24-2)11-13(25-14)15(22-16(18)21-11)20-8-10-4-3-7-23-10/h3-4,7,9H,5-6,8,19H2,1-2H3,(H,20,21,22)/t9-/m0/s1. The van der Waals surface area contributed by atoms with Crippen LogP contribution in [0, 0.1) is 0 Å². The molecule has 0 amide bonds. The van der Waals surface area contributed by atoms with Gasteiger partial charge in [0.25, 0.3) is 0 Å². The Balaban J connectivity index is 1.80. The van der Waals surface area contributed by atoms with Crippen LogP contribution in [0.25, 0.3) is 10.2 Å². The summed E-state index contributed by atoms with van der Waals surface area (Å²) in [7, 11) is 0. The number of rotatable bonds is 6. The average molecular weight is 395 g/mol. The number of anilines is 1. The fourth-order valence-electron chi connectivity index (χ4n) is 3.17. The molecular weight excluding hydrogens is 376 g/mol. The van der Waals surface area contributed by atoms with E-state index in [1.807, 2.05) is 12.1 Å². The van der Waals surface area contributed by atoms with Crippen molar-refractivity contribution in [3.05, 3.63) is 34.3 Å². The van der Waals surface area contributed by atoms with E-state index in [-0.39, 0.29) is 16.7 Å². The van der Waals surface area contributed by atoms with Crippen LogP contribution in [0.2, 0.25) is 5.28 Å². The molecule has 1 aliphatic carbocycles. The summed E-state index contributed by atoms with van der Waals surface area (Å²) in [4.78, 5) is 11.4. The summed E-state index contributed by atoms with van der Waals surface area (Å²) >= 11 is 9.65. The number of nitrogens with two attached hydrogens (primary N) is 1. The summed E-state index contributed by atoms with van der Waals surface area (Å²) in [5.74, 6) is 1.59. The smallest absolute Gasteiger partial charge is 0.225 e. The van der Waals surface area contributed by atoms with Crippen molar-refractivity contribution < 1.29 is 4.42 Å². The first kappa shape index (κ1) is 17.1. The SMILES string of the molecule is CSc1c(C2([C@H](C)N)CC2)sc2c(NCc3ccco3)nc(Cl)nc12. The van der Waals surface area contributed by atoms with E-state index < -0.39 is 0 Å². The van der Waals surface area contributed by atoms with Crippen molar-refractivity contribution in [2.24, 2.45) is 5.73 Å². The molecule has 0 saturated heterocycles. The highest BCUT2D eigenvalue weighted by atomic mass is 35.5. The Hall–Kier alpha value is -1.28. The quantitative estimate of drug-likeness (QED) is 0.468. The number of nitrogens with zero attached hydrogens (tertiary/aromatic N) is 2. The number of nitrogens with one attached hydrogen (secondary N) is 1. The van der Waals surface area contributed by atoms with Crippen LogP contribution >= 0.6 is 34.7 Å². The van der Waals surface area contributed by atoms with Crippen molar-refractivity contribution in [1.82, 2.24) is 9.97 Å².